The Labute approximate surface area is 184 Å². The van der Waals surface area contributed by atoms with Crippen molar-refractivity contribution in [1.82, 2.24) is 14.8 Å². The van der Waals surface area contributed by atoms with Crippen molar-refractivity contribution in [3.63, 3.8) is 0 Å². The first kappa shape index (κ1) is 22.1. The maximum Gasteiger partial charge on any atom is 0.433 e. The quantitative estimate of drug-likeness (QED) is 0.716. The van der Waals surface area contributed by atoms with Crippen molar-refractivity contribution >= 4 is 11.8 Å². The summed E-state index contributed by atoms with van der Waals surface area (Å²) in [5.41, 5.74) is -0.281. The molecule has 0 atom stereocenters. The van der Waals surface area contributed by atoms with E-state index in [1.807, 2.05) is 29.2 Å². The summed E-state index contributed by atoms with van der Waals surface area (Å²) in [6.45, 7) is 1.95. The highest BCUT2D eigenvalue weighted by Crippen LogP contribution is 2.42. The van der Waals surface area contributed by atoms with Gasteiger partial charge in [-0.15, -0.1) is 0 Å². The zero-order valence-electron chi connectivity index (χ0n) is 17.7. The average molecular weight is 447 g/mol. The van der Waals surface area contributed by atoms with Gasteiger partial charge < -0.3 is 14.5 Å². The lowest BCUT2D eigenvalue weighted by atomic mass is 9.77. The van der Waals surface area contributed by atoms with Crippen LogP contribution in [-0.2, 0) is 17.5 Å². The Morgan fingerprint density at radius 2 is 1.84 bits per heavy atom. The van der Waals surface area contributed by atoms with Gasteiger partial charge in [-0.25, -0.2) is 0 Å². The highest BCUT2D eigenvalue weighted by Gasteiger charge is 2.45. The van der Waals surface area contributed by atoms with Crippen LogP contribution in [0.3, 0.4) is 0 Å². The number of rotatable bonds is 4. The van der Waals surface area contributed by atoms with Crippen LogP contribution in [-0.4, -0.2) is 53.3 Å². The minimum absolute atomic E-state index is 0.0214. The molecule has 1 spiro atoms. The number of benzene rings is 1. The van der Waals surface area contributed by atoms with Crippen LogP contribution in [0.25, 0.3) is 0 Å². The molecule has 4 rings (SSSR count). The van der Waals surface area contributed by atoms with Gasteiger partial charge in [-0.3, -0.25) is 14.6 Å². The van der Waals surface area contributed by atoms with E-state index in [1.54, 1.807) is 12.0 Å². The fraction of sp³-hybridized carbons (Fsp3) is 0.435. The Balaban J connectivity index is 1.37. The van der Waals surface area contributed by atoms with Crippen molar-refractivity contribution in [2.45, 2.75) is 32.0 Å². The number of hydrogen-bond donors (Lipinski definition) is 0. The number of aromatic nitrogens is 1. The molecule has 2 aliphatic heterocycles. The molecule has 0 N–H and O–H groups in total. The van der Waals surface area contributed by atoms with Crippen molar-refractivity contribution in [2.75, 3.05) is 26.7 Å². The summed E-state index contributed by atoms with van der Waals surface area (Å²) in [6.07, 6.45) is -1.88. The van der Waals surface area contributed by atoms with E-state index < -0.39 is 17.8 Å². The second kappa shape index (κ2) is 8.44. The molecule has 3 heterocycles. The average Bonchev–Trinajstić information content (AvgIpc) is 3.08. The van der Waals surface area contributed by atoms with E-state index in [0.29, 0.717) is 45.4 Å². The van der Waals surface area contributed by atoms with Crippen LogP contribution in [0.15, 0.2) is 42.6 Å². The third-order valence-corrected chi connectivity index (χ3v) is 6.35. The monoisotopic (exact) mass is 447 g/mol. The molecule has 1 aromatic carbocycles. The zero-order valence-corrected chi connectivity index (χ0v) is 17.7. The summed E-state index contributed by atoms with van der Waals surface area (Å²) in [4.78, 5) is 32.1. The number of alkyl halides is 3. The van der Waals surface area contributed by atoms with Crippen LogP contribution >= 0.6 is 0 Å². The fourth-order valence-electron chi connectivity index (χ4n) is 4.50. The summed E-state index contributed by atoms with van der Waals surface area (Å²) >= 11 is 0. The first-order valence-corrected chi connectivity index (χ1v) is 10.4. The van der Waals surface area contributed by atoms with Gasteiger partial charge in [-0.05, 0) is 42.7 Å². The number of nitrogens with zero attached hydrogens (tertiary/aromatic N) is 3. The number of carbonyl (C=O) groups is 2. The number of carbonyl (C=O) groups excluding carboxylic acids is 2. The van der Waals surface area contributed by atoms with E-state index in [4.69, 9.17) is 4.74 Å². The van der Waals surface area contributed by atoms with Gasteiger partial charge in [0.05, 0.1) is 7.11 Å². The Bertz CT molecular complexity index is 1000. The summed E-state index contributed by atoms with van der Waals surface area (Å²) in [5.74, 6) is 0.406. The van der Waals surface area contributed by atoms with Gasteiger partial charge in [0.1, 0.15) is 11.4 Å². The Morgan fingerprint density at radius 1 is 1.16 bits per heavy atom. The SMILES string of the molecule is COc1ccc(CN2CC3(CCN(C(=O)c4ccnc(C(F)(F)F)c4)CC3)CC2=O)cc1. The smallest absolute Gasteiger partial charge is 0.433 e. The molecule has 2 aliphatic rings. The van der Waals surface area contributed by atoms with Crippen LogP contribution in [0.5, 0.6) is 5.75 Å². The molecule has 0 radical (unpaired) electrons. The van der Waals surface area contributed by atoms with Crippen LogP contribution < -0.4 is 4.74 Å². The fourth-order valence-corrected chi connectivity index (χ4v) is 4.50. The summed E-state index contributed by atoms with van der Waals surface area (Å²) in [5, 5.41) is 0. The van der Waals surface area contributed by atoms with Gasteiger partial charge in [0.2, 0.25) is 5.91 Å². The van der Waals surface area contributed by atoms with Gasteiger partial charge in [0, 0.05) is 49.8 Å². The number of piperidine rings is 1. The van der Waals surface area contributed by atoms with E-state index in [-0.39, 0.29) is 16.9 Å². The molecule has 2 fully saturated rings. The molecular weight excluding hydrogens is 423 g/mol. The van der Waals surface area contributed by atoms with Gasteiger partial charge in [0.25, 0.3) is 5.91 Å². The van der Waals surface area contributed by atoms with Crippen molar-refractivity contribution in [1.29, 1.82) is 0 Å². The van der Waals surface area contributed by atoms with E-state index >= 15 is 0 Å². The number of ether oxygens (including phenoxy) is 1. The number of hydrogen-bond acceptors (Lipinski definition) is 4. The van der Waals surface area contributed by atoms with E-state index in [9.17, 15) is 22.8 Å². The second-order valence-electron chi connectivity index (χ2n) is 8.49. The maximum atomic E-state index is 12.9. The van der Waals surface area contributed by atoms with Gasteiger partial charge in [-0.2, -0.15) is 13.2 Å². The highest BCUT2D eigenvalue weighted by molar-refractivity contribution is 5.94. The van der Waals surface area contributed by atoms with Crippen LogP contribution in [0.4, 0.5) is 13.2 Å². The van der Waals surface area contributed by atoms with E-state index in [0.717, 1.165) is 23.6 Å². The number of likely N-dealkylation sites (tertiary alicyclic amines) is 2. The number of halogens is 3. The van der Waals surface area contributed by atoms with Gasteiger partial charge >= 0.3 is 6.18 Å². The highest BCUT2D eigenvalue weighted by atomic mass is 19.4. The summed E-state index contributed by atoms with van der Waals surface area (Å²) < 4.78 is 43.9. The van der Waals surface area contributed by atoms with Crippen LogP contribution in [0, 0.1) is 5.41 Å². The predicted octanol–water partition coefficient (Wildman–Crippen LogP) is 3.76. The number of pyridine rings is 1. The molecule has 0 saturated carbocycles. The first-order chi connectivity index (χ1) is 15.2. The molecule has 1 aromatic heterocycles. The zero-order chi connectivity index (χ0) is 22.9. The van der Waals surface area contributed by atoms with Crippen molar-refractivity contribution in [3.05, 3.63) is 59.4 Å². The third-order valence-electron chi connectivity index (χ3n) is 6.35. The predicted molar refractivity (Wildman–Crippen MR) is 110 cm³/mol. The topological polar surface area (TPSA) is 62.7 Å². The third kappa shape index (κ3) is 4.56. The Morgan fingerprint density at radius 3 is 2.47 bits per heavy atom. The van der Waals surface area contributed by atoms with Gasteiger partial charge in [-0.1, -0.05) is 12.1 Å². The largest absolute Gasteiger partial charge is 0.497 e. The summed E-state index contributed by atoms with van der Waals surface area (Å²) in [7, 11) is 1.60. The standard InChI is InChI=1S/C23H24F3N3O3/c1-32-18-4-2-16(3-5-18)14-29-15-22(13-20(29)30)7-10-28(11-8-22)21(31)17-6-9-27-19(12-17)23(24,25)26/h2-6,9,12H,7-8,10-11,13-15H2,1H3. The Kier molecular flexibility index (Phi) is 5.83. The minimum atomic E-state index is -4.60. The lowest BCUT2D eigenvalue weighted by Gasteiger charge is -2.38. The minimum Gasteiger partial charge on any atom is -0.497 e. The number of methoxy groups -OCH3 is 1. The normalized spacial score (nSPS) is 18.3. The number of amides is 2. The van der Waals surface area contributed by atoms with Crippen LogP contribution in [0.1, 0.15) is 40.9 Å². The molecule has 0 unspecified atom stereocenters. The van der Waals surface area contributed by atoms with Gasteiger partial charge in [0.15, 0.2) is 0 Å². The Hall–Kier alpha value is -3.10. The molecule has 2 saturated heterocycles. The molecular formula is C23H24F3N3O3. The molecule has 32 heavy (non-hydrogen) atoms. The van der Waals surface area contributed by atoms with E-state index in [2.05, 4.69) is 4.98 Å². The maximum absolute atomic E-state index is 12.9. The summed E-state index contributed by atoms with van der Waals surface area (Å²) in [6, 6.07) is 9.68. The molecule has 2 amide bonds. The molecule has 0 aliphatic carbocycles. The van der Waals surface area contributed by atoms with Crippen molar-refractivity contribution in [3.8, 4) is 5.75 Å². The molecule has 6 nitrogen and oxygen atoms in total. The molecule has 170 valence electrons. The lowest BCUT2D eigenvalue weighted by molar-refractivity contribution is -0.141. The second-order valence-corrected chi connectivity index (χ2v) is 8.49. The molecule has 0 bridgehead atoms. The van der Waals surface area contributed by atoms with Crippen molar-refractivity contribution < 1.29 is 27.5 Å². The van der Waals surface area contributed by atoms with Crippen LogP contribution in [0.2, 0.25) is 0 Å². The lowest BCUT2D eigenvalue weighted by Crippen LogP contribution is -2.44. The first-order valence-electron chi connectivity index (χ1n) is 10.4. The molecule has 9 heteroatoms. The molecule has 2 aromatic rings. The van der Waals surface area contributed by atoms with Crippen molar-refractivity contribution in [2.24, 2.45) is 5.41 Å². The van der Waals surface area contributed by atoms with E-state index in [1.165, 1.54) is 6.07 Å².